The van der Waals surface area contributed by atoms with Gasteiger partial charge in [0, 0.05) is 25.3 Å². The van der Waals surface area contributed by atoms with Crippen LogP contribution in [0.3, 0.4) is 0 Å². The third-order valence-corrected chi connectivity index (χ3v) is 6.93. The average molecular weight is 546 g/mol. The third-order valence-electron chi connectivity index (χ3n) is 6.93. The van der Waals surface area contributed by atoms with Crippen LogP contribution >= 0.6 is 0 Å². The molecule has 0 radical (unpaired) electrons. The van der Waals surface area contributed by atoms with Gasteiger partial charge in [-0.15, -0.1) is 0 Å². The van der Waals surface area contributed by atoms with Crippen molar-refractivity contribution in [1.29, 1.82) is 0 Å². The molecule has 2 aliphatic rings. The summed E-state index contributed by atoms with van der Waals surface area (Å²) in [5, 5.41) is 12.8. The molecule has 1 unspecified atom stereocenters. The van der Waals surface area contributed by atoms with Crippen molar-refractivity contribution in [3.05, 3.63) is 23.5 Å². The Bertz CT molecular complexity index is 1110. The number of pyridine rings is 1. The summed E-state index contributed by atoms with van der Waals surface area (Å²) >= 11 is 0. The van der Waals surface area contributed by atoms with Gasteiger partial charge in [-0.05, 0) is 26.8 Å². The first kappa shape index (κ1) is 29.6. The first-order chi connectivity index (χ1) is 17.2. The summed E-state index contributed by atoms with van der Waals surface area (Å²) in [6, 6.07) is 0.775. The number of likely N-dealkylation sites (tertiary alicyclic amines) is 2. The van der Waals surface area contributed by atoms with Gasteiger partial charge >= 0.3 is 18.4 Å². The standard InChI is InChI=1S/C25H35F3N4O6/c1-22(2,3)19(33)30-17-8-15(25(26,27)28)9-29-18(17)12-32(21(35)36)11-16-10-31(13-24(16,14-32)37-7)20(34)38-23(4,5)6/h8-9,16H,10-14H2,1-7H3,(H-,30,33,35,36)/p+1/t16-,24+,32?/m1/s1. The van der Waals surface area contributed by atoms with E-state index in [9.17, 15) is 32.7 Å². The lowest BCUT2D eigenvalue weighted by molar-refractivity contribution is -0.863. The SMILES string of the molecule is CO[C@]12CN(C(=O)OC(C)(C)C)C[C@@H]1C[N+](Cc1ncc(C(F)(F)F)cc1NC(=O)C(C)(C)C)(C(=O)O)C2. The van der Waals surface area contributed by atoms with Crippen LogP contribution in [0.15, 0.2) is 12.3 Å². The molecule has 3 rings (SSSR count). The van der Waals surface area contributed by atoms with E-state index in [0.717, 1.165) is 6.07 Å². The Labute approximate surface area is 219 Å². The lowest BCUT2D eigenvalue weighted by Crippen LogP contribution is -2.54. The zero-order valence-electron chi connectivity index (χ0n) is 22.7. The summed E-state index contributed by atoms with van der Waals surface area (Å²) in [4.78, 5) is 43.4. The molecule has 2 aliphatic heterocycles. The van der Waals surface area contributed by atoms with Gasteiger partial charge in [-0.25, -0.2) is 9.28 Å². The maximum absolute atomic E-state index is 13.4. The van der Waals surface area contributed by atoms with Crippen molar-refractivity contribution in [3.63, 3.8) is 0 Å². The third kappa shape index (κ3) is 6.04. The van der Waals surface area contributed by atoms with E-state index in [1.54, 1.807) is 41.5 Å². The van der Waals surface area contributed by atoms with Gasteiger partial charge in [-0.3, -0.25) is 9.78 Å². The van der Waals surface area contributed by atoms with Crippen LogP contribution in [0.5, 0.6) is 0 Å². The van der Waals surface area contributed by atoms with Gasteiger partial charge in [0.15, 0.2) is 0 Å². The Hall–Kier alpha value is -2.93. The molecule has 13 heteroatoms. The van der Waals surface area contributed by atoms with Crippen molar-refractivity contribution in [2.75, 3.05) is 38.6 Å². The number of methoxy groups -OCH3 is 1. The summed E-state index contributed by atoms with van der Waals surface area (Å²) in [5.74, 6) is -0.917. The summed E-state index contributed by atoms with van der Waals surface area (Å²) in [7, 11) is 1.44. The molecule has 1 aromatic heterocycles. The highest BCUT2D eigenvalue weighted by Crippen LogP contribution is 2.44. The number of carboxylic acid groups (broad SMARTS) is 1. The van der Waals surface area contributed by atoms with E-state index in [0.29, 0.717) is 6.20 Å². The van der Waals surface area contributed by atoms with Crippen molar-refractivity contribution in [3.8, 4) is 0 Å². The summed E-state index contributed by atoms with van der Waals surface area (Å²) < 4.78 is 51.0. The second kappa shape index (κ2) is 9.67. The van der Waals surface area contributed by atoms with E-state index in [4.69, 9.17) is 9.47 Å². The van der Waals surface area contributed by atoms with Gasteiger partial charge in [-0.1, -0.05) is 20.8 Å². The lowest BCUT2D eigenvalue weighted by Gasteiger charge is -2.33. The van der Waals surface area contributed by atoms with Crippen molar-refractivity contribution in [2.45, 2.75) is 65.5 Å². The summed E-state index contributed by atoms with van der Waals surface area (Å²) in [6.07, 6.45) is -5.82. The molecule has 2 fully saturated rings. The average Bonchev–Trinajstić information content (AvgIpc) is 3.25. The van der Waals surface area contributed by atoms with Crippen LogP contribution < -0.4 is 5.32 Å². The minimum Gasteiger partial charge on any atom is -0.444 e. The minimum absolute atomic E-state index is 0.00762. The van der Waals surface area contributed by atoms with E-state index in [1.807, 2.05) is 0 Å². The predicted octanol–water partition coefficient (Wildman–Crippen LogP) is 4.35. The number of rotatable bonds is 4. The smallest absolute Gasteiger partial charge is 0.444 e. The lowest BCUT2D eigenvalue weighted by atomic mass is 9.95. The van der Waals surface area contributed by atoms with E-state index in [-0.39, 0.29) is 50.0 Å². The van der Waals surface area contributed by atoms with E-state index >= 15 is 0 Å². The fraction of sp³-hybridized carbons (Fsp3) is 0.680. The molecule has 1 aromatic rings. The molecule has 2 N–H and O–H groups in total. The van der Waals surface area contributed by atoms with Gasteiger partial charge in [0.05, 0.1) is 30.3 Å². The molecule has 212 valence electrons. The second-order valence-electron chi connectivity index (χ2n) is 12.2. The van der Waals surface area contributed by atoms with Crippen LogP contribution in [0.4, 0.5) is 28.4 Å². The summed E-state index contributed by atoms with van der Waals surface area (Å²) in [6.45, 7) is 10.0. The number of hydrogen-bond donors (Lipinski definition) is 2. The van der Waals surface area contributed by atoms with Gasteiger partial charge in [0.2, 0.25) is 5.91 Å². The van der Waals surface area contributed by atoms with Crippen molar-refractivity contribution >= 4 is 23.8 Å². The number of nitrogens with one attached hydrogen (secondary N) is 1. The molecule has 2 saturated heterocycles. The van der Waals surface area contributed by atoms with Crippen molar-refractivity contribution in [1.82, 2.24) is 9.88 Å². The van der Waals surface area contributed by atoms with Crippen LogP contribution in [0, 0.1) is 11.3 Å². The van der Waals surface area contributed by atoms with Crippen LogP contribution in [-0.4, -0.2) is 82.1 Å². The second-order valence-corrected chi connectivity index (χ2v) is 12.2. The number of carbonyl (C=O) groups excluding carboxylic acids is 2. The number of quaternary nitrogens is 1. The van der Waals surface area contributed by atoms with E-state index in [2.05, 4.69) is 10.3 Å². The maximum Gasteiger partial charge on any atom is 0.513 e. The number of fused-ring (bicyclic) bond motifs is 1. The highest BCUT2D eigenvalue weighted by atomic mass is 19.4. The molecule has 0 bridgehead atoms. The number of nitrogens with zero attached hydrogens (tertiary/aromatic N) is 3. The number of carbonyl (C=O) groups is 3. The van der Waals surface area contributed by atoms with Crippen LogP contribution in [-0.2, 0) is 27.0 Å². The fourth-order valence-corrected chi connectivity index (χ4v) is 4.93. The van der Waals surface area contributed by atoms with Crippen LogP contribution in [0.1, 0.15) is 52.8 Å². The first-order valence-corrected chi connectivity index (χ1v) is 12.2. The number of ether oxygens (including phenoxy) is 2. The Morgan fingerprint density at radius 3 is 2.32 bits per heavy atom. The van der Waals surface area contributed by atoms with E-state index in [1.165, 1.54) is 12.0 Å². The minimum atomic E-state index is -4.71. The van der Waals surface area contributed by atoms with Crippen LogP contribution in [0.25, 0.3) is 0 Å². The molecule has 3 heterocycles. The zero-order valence-corrected chi connectivity index (χ0v) is 22.7. The molecule has 38 heavy (non-hydrogen) atoms. The zero-order chi connectivity index (χ0) is 28.9. The Kier molecular flexibility index (Phi) is 7.54. The monoisotopic (exact) mass is 545 g/mol. The molecule has 0 aromatic carbocycles. The molecule has 0 spiro atoms. The number of amides is 3. The number of halogens is 3. The molecular formula is C25H36F3N4O6+. The van der Waals surface area contributed by atoms with Gasteiger partial charge < -0.3 is 24.8 Å². The quantitative estimate of drug-likeness (QED) is 0.540. The number of anilines is 1. The van der Waals surface area contributed by atoms with E-state index < -0.39 is 50.9 Å². The number of aromatic nitrogens is 1. The van der Waals surface area contributed by atoms with Gasteiger partial charge in [-0.2, -0.15) is 18.0 Å². The number of hydrogen-bond acceptors (Lipinski definition) is 6. The highest BCUT2D eigenvalue weighted by Gasteiger charge is 2.64. The van der Waals surface area contributed by atoms with Crippen LogP contribution in [0.2, 0.25) is 0 Å². The molecule has 3 atom stereocenters. The Morgan fingerprint density at radius 2 is 1.84 bits per heavy atom. The Balaban J connectivity index is 1.94. The molecule has 3 amide bonds. The highest BCUT2D eigenvalue weighted by molar-refractivity contribution is 5.95. The largest absolute Gasteiger partial charge is 0.513 e. The molecule has 0 saturated carbocycles. The summed E-state index contributed by atoms with van der Waals surface area (Å²) in [5.41, 5.74) is -3.88. The van der Waals surface area contributed by atoms with Gasteiger partial charge in [0.25, 0.3) is 0 Å². The molecule has 10 nitrogen and oxygen atoms in total. The maximum atomic E-state index is 13.4. The predicted molar refractivity (Wildman–Crippen MR) is 130 cm³/mol. The molecule has 0 aliphatic carbocycles. The van der Waals surface area contributed by atoms with Crippen molar-refractivity contribution < 1.29 is 46.6 Å². The molecular weight excluding hydrogens is 509 g/mol. The van der Waals surface area contributed by atoms with Gasteiger partial charge in [0.1, 0.15) is 30.0 Å². The number of alkyl halides is 3. The normalized spacial score (nSPS) is 25.7. The first-order valence-electron chi connectivity index (χ1n) is 12.2. The van der Waals surface area contributed by atoms with Crippen molar-refractivity contribution in [2.24, 2.45) is 11.3 Å². The fourth-order valence-electron chi connectivity index (χ4n) is 4.93. The Morgan fingerprint density at radius 1 is 1.21 bits per heavy atom. The topological polar surface area (TPSA) is 118 Å².